The van der Waals surface area contributed by atoms with Crippen LogP contribution in [0.1, 0.15) is 81.1 Å². The van der Waals surface area contributed by atoms with Crippen LogP contribution in [-0.4, -0.2) is 4.32 Å². The third kappa shape index (κ3) is 13.1. The molecule has 0 aromatic carbocycles. The van der Waals surface area contributed by atoms with Gasteiger partial charge < -0.3 is 0 Å². The maximum atomic E-state index is 3.71. The average Bonchev–Trinajstić information content (AvgIpc) is 2.23. The number of alkyl halides is 1. The van der Waals surface area contributed by atoms with E-state index in [0.29, 0.717) is 0 Å². The first kappa shape index (κ1) is 20.7. The van der Waals surface area contributed by atoms with Gasteiger partial charge in [0.25, 0.3) is 0 Å². The zero-order valence-corrected chi connectivity index (χ0v) is 17.0. The van der Waals surface area contributed by atoms with Gasteiger partial charge in [-0.25, -0.2) is 0 Å². The highest BCUT2D eigenvalue weighted by atomic mass is 79.9. The minimum Gasteiger partial charge on any atom is -0.0856 e. The standard InChI is InChI=1S/C20H35Br/c1-16(2)10-9-11-17(3)14-19(5,6)15-18(4)12-13-20(7,8)21/h10,12,14H,9,11,13,15H2,1-8H3/b17-14+,18-12+. The fourth-order valence-corrected chi connectivity index (χ4v) is 2.75. The van der Waals surface area contributed by atoms with Gasteiger partial charge in [-0.15, -0.1) is 0 Å². The summed E-state index contributed by atoms with van der Waals surface area (Å²) in [7, 11) is 0. The third-order valence-corrected chi connectivity index (χ3v) is 3.72. The van der Waals surface area contributed by atoms with Crippen LogP contribution in [0.3, 0.4) is 0 Å². The summed E-state index contributed by atoms with van der Waals surface area (Å²) in [5.41, 5.74) is 4.65. The van der Waals surface area contributed by atoms with Gasteiger partial charge in [0, 0.05) is 4.32 Å². The van der Waals surface area contributed by atoms with Crippen molar-refractivity contribution in [3.8, 4) is 0 Å². The molecule has 0 spiro atoms. The largest absolute Gasteiger partial charge is 0.0856 e. The van der Waals surface area contributed by atoms with Crippen molar-refractivity contribution >= 4 is 15.9 Å². The van der Waals surface area contributed by atoms with E-state index < -0.39 is 0 Å². The molecule has 0 heterocycles. The molecular formula is C20H35Br. The van der Waals surface area contributed by atoms with E-state index in [4.69, 9.17) is 0 Å². The molecule has 21 heavy (non-hydrogen) atoms. The molecule has 0 nitrogen and oxygen atoms in total. The molecule has 0 fully saturated rings. The molecule has 0 aliphatic carbocycles. The second kappa shape index (κ2) is 8.98. The van der Waals surface area contributed by atoms with Crippen molar-refractivity contribution in [3.05, 3.63) is 34.9 Å². The SMILES string of the molecule is CC(C)=CCC/C(C)=C/C(C)(C)C/C(C)=C/CC(C)(C)Br. The molecule has 0 unspecified atom stereocenters. The van der Waals surface area contributed by atoms with Gasteiger partial charge in [-0.1, -0.05) is 64.7 Å². The molecule has 0 aromatic rings. The monoisotopic (exact) mass is 354 g/mol. The van der Waals surface area contributed by atoms with Crippen molar-refractivity contribution in [2.24, 2.45) is 5.41 Å². The Bertz CT molecular complexity index is 396. The van der Waals surface area contributed by atoms with E-state index in [9.17, 15) is 0 Å². The molecule has 0 atom stereocenters. The third-order valence-electron chi connectivity index (χ3n) is 3.40. The fourth-order valence-electron chi connectivity index (χ4n) is 2.59. The molecule has 0 amide bonds. The van der Waals surface area contributed by atoms with Crippen LogP contribution in [0.5, 0.6) is 0 Å². The van der Waals surface area contributed by atoms with Crippen LogP contribution in [0.2, 0.25) is 0 Å². The van der Waals surface area contributed by atoms with Gasteiger partial charge >= 0.3 is 0 Å². The Balaban J connectivity index is 4.56. The summed E-state index contributed by atoms with van der Waals surface area (Å²) in [4.78, 5) is 0. The number of hydrogen-bond acceptors (Lipinski definition) is 0. The van der Waals surface area contributed by atoms with Crippen molar-refractivity contribution in [3.63, 3.8) is 0 Å². The van der Waals surface area contributed by atoms with Crippen LogP contribution in [-0.2, 0) is 0 Å². The van der Waals surface area contributed by atoms with Gasteiger partial charge in [-0.2, -0.15) is 0 Å². The first-order valence-electron chi connectivity index (χ1n) is 8.07. The zero-order valence-electron chi connectivity index (χ0n) is 15.4. The van der Waals surface area contributed by atoms with Crippen LogP contribution < -0.4 is 0 Å². The summed E-state index contributed by atoms with van der Waals surface area (Å²) in [5, 5.41) is 0. The number of rotatable bonds is 8. The topological polar surface area (TPSA) is 0 Å². The average molecular weight is 355 g/mol. The van der Waals surface area contributed by atoms with Crippen LogP contribution in [0.25, 0.3) is 0 Å². The smallest absolute Gasteiger partial charge is 0.0236 e. The number of halogens is 1. The van der Waals surface area contributed by atoms with E-state index in [1.165, 1.54) is 23.1 Å². The molecule has 0 aromatic heterocycles. The summed E-state index contributed by atoms with van der Waals surface area (Å²) in [6.45, 7) is 18.0. The lowest BCUT2D eigenvalue weighted by molar-refractivity contribution is 0.469. The van der Waals surface area contributed by atoms with E-state index in [1.54, 1.807) is 0 Å². The van der Waals surface area contributed by atoms with Gasteiger partial charge in [0.05, 0.1) is 0 Å². The van der Waals surface area contributed by atoms with Crippen LogP contribution in [0, 0.1) is 5.41 Å². The highest BCUT2D eigenvalue weighted by Gasteiger charge is 2.16. The fraction of sp³-hybridized carbons (Fsp3) is 0.700. The van der Waals surface area contributed by atoms with Gasteiger partial charge in [0.15, 0.2) is 0 Å². The summed E-state index contributed by atoms with van der Waals surface area (Å²) in [5.74, 6) is 0. The normalized spacial score (nSPS) is 14.3. The summed E-state index contributed by atoms with van der Waals surface area (Å²) in [6.07, 6.45) is 11.7. The van der Waals surface area contributed by atoms with Crippen molar-refractivity contribution in [1.29, 1.82) is 0 Å². The number of hydrogen-bond donors (Lipinski definition) is 0. The Hall–Kier alpha value is -0.300. The van der Waals surface area contributed by atoms with E-state index in [2.05, 4.69) is 89.5 Å². The predicted octanol–water partition coefficient (Wildman–Crippen LogP) is 7.61. The van der Waals surface area contributed by atoms with Crippen LogP contribution in [0.4, 0.5) is 0 Å². The lowest BCUT2D eigenvalue weighted by Gasteiger charge is -2.23. The van der Waals surface area contributed by atoms with E-state index in [1.807, 2.05) is 0 Å². The molecular weight excluding hydrogens is 320 g/mol. The first-order valence-corrected chi connectivity index (χ1v) is 8.87. The summed E-state index contributed by atoms with van der Waals surface area (Å²) < 4.78 is 0.203. The molecule has 122 valence electrons. The number of allylic oxidation sites excluding steroid dienone is 6. The lowest BCUT2D eigenvalue weighted by Crippen LogP contribution is -2.10. The van der Waals surface area contributed by atoms with Gasteiger partial charge in [0.1, 0.15) is 0 Å². The second-order valence-electron chi connectivity index (χ2n) is 7.95. The second-order valence-corrected chi connectivity index (χ2v) is 10.1. The van der Waals surface area contributed by atoms with Crippen molar-refractivity contribution < 1.29 is 0 Å². The highest BCUT2D eigenvalue weighted by molar-refractivity contribution is 9.10. The minimum atomic E-state index is 0.203. The summed E-state index contributed by atoms with van der Waals surface area (Å²) in [6, 6.07) is 0. The lowest BCUT2D eigenvalue weighted by atomic mass is 9.83. The molecule has 0 aliphatic heterocycles. The Labute approximate surface area is 141 Å². The predicted molar refractivity (Wildman–Crippen MR) is 102 cm³/mol. The van der Waals surface area contributed by atoms with Crippen molar-refractivity contribution in [2.45, 2.75) is 85.4 Å². The van der Waals surface area contributed by atoms with Gasteiger partial charge in [0.2, 0.25) is 0 Å². The van der Waals surface area contributed by atoms with E-state index in [-0.39, 0.29) is 9.74 Å². The first-order chi connectivity index (χ1) is 9.41. The maximum Gasteiger partial charge on any atom is 0.0236 e. The molecule has 0 bridgehead atoms. The zero-order chi connectivity index (χ0) is 16.7. The van der Waals surface area contributed by atoms with Gasteiger partial charge in [-0.05, 0) is 72.6 Å². The molecule has 0 saturated carbocycles. The minimum absolute atomic E-state index is 0.203. The molecule has 1 heteroatoms. The van der Waals surface area contributed by atoms with Crippen LogP contribution in [0.15, 0.2) is 34.9 Å². The molecule has 0 saturated heterocycles. The Morgan fingerprint density at radius 1 is 0.905 bits per heavy atom. The Kier molecular flexibility index (Phi) is 8.85. The van der Waals surface area contributed by atoms with E-state index in [0.717, 1.165) is 19.3 Å². The maximum absolute atomic E-state index is 3.71. The summed E-state index contributed by atoms with van der Waals surface area (Å²) >= 11 is 3.71. The quantitative estimate of drug-likeness (QED) is 0.310. The van der Waals surface area contributed by atoms with Crippen LogP contribution >= 0.6 is 15.9 Å². The molecule has 0 N–H and O–H groups in total. The Morgan fingerprint density at radius 3 is 1.95 bits per heavy atom. The van der Waals surface area contributed by atoms with Gasteiger partial charge in [-0.3, -0.25) is 0 Å². The van der Waals surface area contributed by atoms with Crippen molar-refractivity contribution in [1.82, 2.24) is 0 Å². The van der Waals surface area contributed by atoms with Crippen molar-refractivity contribution in [2.75, 3.05) is 0 Å². The highest BCUT2D eigenvalue weighted by Crippen LogP contribution is 2.30. The Morgan fingerprint density at radius 2 is 1.48 bits per heavy atom. The molecule has 0 rings (SSSR count). The molecule has 0 aliphatic rings. The molecule has 0 radical (unpaired) electrons. The van der Waals surface area contributed by atoms with E-state index >= 15 is 0 Å².